The number of fused-ring (bicyclic) bond motifs is 7. The third kappa shape index (κ3) is 4.88. The first-order valence-electron chi connectivity index (χ1n) is 17.6. The smallest absolute Gasteiger partial charge is 0.0311 e. The molecule has 1 unspecified atom stereocenters. The van der Waals surface area contributed by atoms with Gasteiger partial charge in [0, 0.05) is 5.92 Å². The van der Waals surface area contributed by atoms with Crippen molar-refractivity contribution in [3.05, 3.63) is 148 Å². The van der Waals surface area contributed by atoms with Gasteiger partial charge in [-0.15, -0.1) is 0 Å². The molecule has 8 rings (SSSR count). The Morgan fingerprint density at radius 2 is 1.28 bits per heavy atom. The highest BCUT2D eigenvalue weighted by molar-refractivity contribution is 6.14. The van der Waals surface area contributed by atoms with Crippen LogP contribution in [0, 0.1) is 0 Å². The fourth-order valence-electron chi connectivity index (χ4n) is 8.31. The van der Waals surface area contributed by atoms with Gasteiger partial charge in [-0.25, -0.2) is 0 Å². The second kappa shape index (κ2) is 10.8. The summed E-state index contributed by atoms with van der Waals surface area (Å²) in [6.07, 6.45) is 5.82. The van der Waals surface area contributed by atoms with Crippen LogP contribution < -0.4 is 0 Å². The highest BCUT2D eigenvalue weighted by atomic mass is 14.4. The molecule has 0 heterocycles. The van der Waals surface area contributed by atoms with Crippen LogP contribution >= 0.6 is 0 Å². The van der Waals surface area contributed by atoms with Gasteiger partial charge in [-0.05, 0) is 112 Å². The minimum atomic E-state index is 0.0517. The Kier molecular flexibility index (Phi) is 6.89. The molecule has 0 amide bonds. The first-order chi connectivity index (χ1) is 22.5. The fraction of sp³-hybridized carbons (Fsp3) is 0.277. The van der Waals surface area contributed by atoms with Crippen molar-refractivity contribution in [2.24, 2.45) is 0 Å². The van der Waals surface area contributed by atoms with E-state index in [-0.39, 0.29) is 16.7 Å². The zero-order valence-corrected chi connectivity index (χ0v) is 29.1. The summed E-state index contributed by atoms with van der Waals surface area (Å²) < 4.78 is 0. The third-order valence-electron chi connectivity index (χ3n) is 10.8. The maximum atomic E-state index is 2.58. The maximum absolute atomic E-state index is 2.58. The van der Waals surface area contributed by atoms with Gasteiger partial charge in [0.15, 0.2) is 0 Å². The lowest BCUT2D eigenvalue weighted by Crippen LogP contribution is -2.14. The van der Waals surface area contributed by atoms with Gasteiger partial charge in [-0.3, -0.25) is 0 Å². The molecule has 0 spiro atoms. The standard InChI is InChI=1S/C47H46/c1-8-14-31-25-41-37(40-23-29-15-9-10-16-34(29)35-17-11-12-18-36(35)40)19-13-20-38(41)45(31)44-28-33(47(5,6)7)27-43-39-26-32(46(2,3)4)22-21-30(39)24-42(43)44/h9-13,15-23,25-28,45H,8,14,24H2,1-7H3. The van der Waals surface area contributed by atoms with Crippen LogP contribution in [0.25, 0.3) is 49.9 Å². The fourth-order valence-corrected chi connectivity index (χ4v) is 8.31. The van der Waals surface area contributed by atoms with Crippen molar-refractivity contribution in [2.45, 2.75) is 84.5 Å². The molecule has 0 fully saturated rings. The Morgan fingerprint density at radius 3 is 2.02 bits per heavy atom. The summed E-state index contributed by atoms with van der Waals surface area (Å²) in [5.74, 6) is 0.268. The van der Waals surface area contributed by atoms with Gasteiger partial charge < -0.3 is 0 Å². The largest absolute Gasteiger partial charge is 0.0651 e. The minimum Gasteiger partial charge on any atom is -0.0651 e. The molecule has 0 heteroatoms. The van der Waals surface area contributed by atoms with Crippen LogP contribution in [0.1, 0.15) is 106 Å². The van der Waals surface area contributed by atoms with Crippen LogP contribution in [0.2, 0.25) is 0 Å². The second-order valence-corrected chi connectivity index (χ2v) is 16.0. The van der Waals surface area contributed by atoms with Crippen molar-refractivity contribution in [2.75, 3.05) is 0 Å². The third-order valence-corrected chi connectivity index (χ3v) is 10.8. The number of benzene rings is 6. The number of hydrogen-bond donors (Lipinski definition) is 0. The predicted molar refractivity (Wildman–Crippen MR) is 204 cm³/mol. The zero-order chi connectivity index (χ0) is 32.7. The first-order valence-corrected chi connectivity index (χ1v) is 17.6. The summed E-state index contributed by atoms with van der Waals surface area (Å²) in [6.45, 7) is 16.4. The van der Waals surface area contributed by atoms with Gasteiger partial charge in [0.05, 0.1) is 0 Å². The average molecular weight is 611 g/mol. The van der Waals surface area contributed by atoms with Gasteiger partial charge in [0.25, 0.3) is 0 Å². The monoisotopic (exact) mass is 610 g/mol. The molecular formula is C47H46. The first kappa shape index (κ1) is 29.9. The van der Waals surface area contributed by atoms with Crippen molar-refractivity contribution in [3.63, 3.8) is 0 Å². The van der Waals surface area contributed by atoms with Crippen molar-refractivity contribution in [3.8, 4) is 22.3 Å². The lowest BCUT2D eigenvalue weighted by Gasteiger charge is -2.27. The molecule has 2 aliphatic carbocycles. The summed E-state index contributed by atoms with van der Waals surface area (Å²) >= 11 is 0. The Bertz CT molecular complexity index is 2240. The molecular weight excluding hydrogens is 565 g/mol. The number of hydrogen-bond acceptors (Lipinski definition) is 0. The van der Waals surface area contributed by atoms with E-state index in [1.807, 2.05) is 0 Å². The van der Waals surface area contributed by atoms with E-state index in [1.54, 1.807) is 5.57 Å². The maximum Gasteiger partial charge on any atom is 0.0311 e. The summed E-state index contributed by atoms with van der Waals surface area (Å²) in [5.41, 5.74) is 17.5. The van der Waals surface area contributed by atoms with Crippen LogP contribution in [0.5, 0.6) is 0 Å². The van der Waals surface area contributed by atoms with Crippen molar-refractivity contribution >= 4 is 27.6 Å². The van der Waals surface area contributed by atoms with Crippen LogP contribution in [0.15, 0.2) is 109 Å². The lowest BCUT2D eigenvalue weighted by atomic mass is 9.77. The molecule has 47 heavy (non-hydrogen) atoms. The highest BCUT2D eigenvalue weighted by Crippen LogP contribution is 2.52. The normalized spacial score (nSPS) is 15.6. The summed E-state index contributed by atoms with van der Waals surface area (Å²) in [5, 5.41) is 5.28. The minimum absolute atomic E-state index is 0.0517. The molecule has 0 saturated heterocycles. The average Bonchev–Trinajstić information content (AvgIpc) is 3.61. The molecule has 1 atom stereocenters. The van der Waals surface area contributed by atoms with E-state index in [4.69, 9.17) is 0 Å². The highest BCUT2D eigenvalue weighted by Gasteiger charge is 2.34. The van der Waals surface area contributed by atoms with E-state index >= 15 is 0 Å². The van der Waals surface area contributed by atoms with Crippen LogP contribution in [-0.2, 0) is 17.3 Å². The Balaban J connectivity index is 1.37. The molecule has 6 aromatic rings. The molecule has 6 aromatic carbocycles. The Hall–Kier alpha value is -4.42. The molecule has 0 saturated carbocycles. The van der Waals surface area contributed by atoms with E-state index in [1.165, 1.54) is 82.7 Å². The molecule has 234 valence electrons. The van der Waals surface area contributed by atoms with Gasteiger partial charge in [-0.1, -0.05) is 164 Å². The van der Waals surface area contributed by atoms with E-state index < -0.39 is 0 Å². The van der Waals surface area contributed by atoms with Gasteiger partial charge in [-0.2, -0.15) is 0 Å². The molecule has 0 bridgehead atoms. The quantitative estimate of drug-likeness (QED) is 0.174. The number of rotatable bonds is 4. The van der Waals surface area contributed by atoms with Crippen molar-refractivity contribution < 1.29 is 0 Å². The lowest BCUT2D eigenvalue weighted by molar-refractivity contribution is 0.588. The SMILES string of the molecule is CCCC1=Cc2c(-c3cc4ccccc4c4ccccc34)cccc2C1c1cc(C(C)(C)C)cc2c1Cc1ccc(C(C)(C)C)cc1-2. The Morgan fingerprint density at radius 1 is 0.574 bits per heavy atom. The second-order valence-electron chi connectivity index (χ2n) is 16.0. The predicted octanol–water partition coefficient (Wildman–Crippen LogP) is 13.2. The van der Waals surface area contributed by atoms with Crippen LogP contribution in [0.4, 0.5) is 0 Å². The van der Waals surface area contributed by atoms with Crippen molar-refractivity contribution in [1.29, 1.82) is 0 Å². The molecule has 2 aliphatic rings. The van der Waals surface area contributed by atoms with Crippen molar-refractivity contribution in [1.82, 2.24) is 0 Å². The molecule has 0 aromatic heterocycles. The van der Waals surface area contributed by atoms with E-state index in [0.717, 1.165) is 19.3 Å². The molecule has 0 radical (unpaired) electrons. The zero-order valence-electron chi connectivity index (χ0n) is 29.1. The topological polar surface area (TPSA) is 0 Å². The van der Waals surface area contributed by atoms with Crippen LogP contribution in [0.3, 0.4) is 0 Å². The van der Waals surface area contributed by atoms with Crippen LogP contribution in [-0.4, -0.2) is 0 Å². The van der Waals surface area contributed by atoms with Gasteiger partial charge >= 0.3 is 0 Å². The van der Waals surface area contributed by atoms with Gasteiger partial charge in [0.2, 0.25) is 0 Å². The number of allylic oxidation sites excluding steroid dienone is 1. The molecule has 0 N–H and O–H groups in total. The van der Waals surface area contributed by atoms with Gasteiger partial charge in [0.1, 0.15) is 0 Å². The Labute approximate surface area is 281 Å². The summed E-state index contributed by atoms with van der Waals surface area (Å²) in [6, 6.07) is 39.7. The van der Waals surface area contributed by atoms with E-state index in [2.05, 4.69) is 158 Å². The van der Waals surface area contributed by atoms with E-state index in [0.29, 0.717) is 0 Å². The summed E-state index contributed by atoms with van der Waals surface area (Å²) in [4.78, 5) is 0. The molecule has 0 aliphatic heterocycles. The van der Waals surface area contributed by atoms with E-state index in [9.17, 15) is 0 Å². The molecule has 0 nitrogen and oxygen atoms in total. The summed E-state index contributed by atoms with van der Waals surface area (Å²) in [7, 11) is 0.